The smallest absolute Gasteiger partial charge is 0.321 e. The van der Waals surface area contributed by atoms with Crippen molar-refractivity contribution in [2.75, 3.05) is 36.0 Å². The Morgan fingerprint density at radius 1 is 1.10 bits per heavy atom. The van der Waals surface area contributed by atoms with E-state index in [1.165, 1.54) is 29.7 Å². The number of primary amides is 1. The Hall–Kier alpha value is -3.27. The van der Waals surface area contributed by atoms with Crippen LogP contribution in [-0.2, 0) is 9.53 Å². The van der Waals surface area contributed by atoms with E-state index in [0.29, 0.717) is 56.1 Å². The number of thiazole rings is 1. The molecular formula is C29H38N6O3S. The number of rotatable bonds is 7. The number of hydrogen-bond donors (Lipinski definition) is 1. The molecule has 208 valence electrons. The molecule has 1 aromatic carbocycles. The maximum Gasteiger partial charge on any atom is 0.321 e. The topological polar surface area (TPSA) is 115 Å². The summed E-state index contributed by atoms with van der Waals surface area (Å²) in [6.45, 7) is 8.04. The van der Waals surface area contributed by atoms with E-state index in [1.807, 2.05) is 33.2 Å². The molecular weight excluding hydrogens is 512 g/mol. The molecule has 1 aliphatic carbocycles. The predicted molar refractivity (Wildman–Crippen MR) is 155 cm³/mol. The van der Waals surface area contributed by atoms with Gasteiger partial charge >= 0.3 is 12.0 Å². The Labute approximate surface area is 233 Å². The highest BCUT2D eigenvalue weighted by Crippen LogP contribution is 2.42. The zero-order valence-electron chi connectivity index (χ0n) is 23.1. The van der Waals surface area contributed by atoms with Crippen molar-refractivity contribution in [3.05, 3.63) is 30.1 Å². The summed E-state index contributed by atoms with van der Waals surface area (Å²) in [6, 6.07) is 3.85. The molecule has 0 unspecified atom stereocenters. The third-order valence-corrected chi connectivity index (χ3v) is 9.40. The molecule has 9 nitrogen and oxygen atoms in total. The average molecular weight is 551 g/mol. The van der Waals surface area contributed by atoms with Gasteiger partial charge in [0.15, 0.2) is 5.13 Å². The van der Waals surface area contributed by atoms with Gasteiger partial charge < -0.3 is 15.4 Å². The summed E-state index contributed by atoms with van der Waals surface area (Å²) >= 11 is 1.55. The summed E-state index contributed by atoms with van der Waals surface area (Å²) in [7, 11) is 0. The van der Waals surface area contributed by atoms with Crippen LogP contribution in [-0.4, -0.2) is 53.2 Å². The van der Waals surface area contributed by atoms with Crippen LogP contribution in [0.25, 0.3) is 21.3 Å². The number of esters is 1. The van der Waals surface area contributed by atoms with Crippen molar-refractivity contribution in [3.8, 4) is 11.1 Å². The molecule has 1 saturated carbocycles. The van der Waals surface area contributed by atoms with E-state index >= 15 is 0 Å². The largest absolute Gasteiger partial charge is 0.466 e. The SMILES string of the molecule is CCOC(=O)C1(C)CCN(c2ncc(-c3cc(C4CCCCC4)c4sc(N(CC)C(N)=O)nc4c3)cn2)CC1. The molecule has 1 aliphatic heterocycles. The van der Waals surface area contributed by atoms with E-state index in [2.05, 4.69) is 17.0 Å². The highest BCUT2D eigenvalue weighted by Gasteiger charge is 2.38. The number of carbonyl (C=O) groups is 2. The predicted octanol–water partition coefficient (Wildman–Crippen LogP) is 5.88. The van der Waals surface area contributed by atoms with Gasteiger partial charge in [0.05, 0.1) is 22.2 Å². The van der Waals surface area contributed by atoms with Gasteiger partial charge in [0, 0.05) is 37.6 Å². The number of urea groups is 1. The number of anilines is 2. The zero-order valence-corrected chi connectivity index (χ0v) is 23.9. The number of fused-ring (bicyclic) bond motifs is 1. The Bertz CT molecular complexity index is 1330. The molecule has 10 heteroatoms. The zero-order chi connectivity index (χ0) is 27.6. The highest BCUT2D eigenvalue weighted by molar-refractivity contribution is 7.22. The Kier molecular flexibility index (Phi) is 8.02. The monoisotopic (exact) mass is 550 g/mol. The molecule has 2 aromatic heterocycles. The van der Waals surface area contributed by atoms with Crippen molar-refractivity contribution in [2.45, 2.75) is 71.6 Å². The van der Waals surface area contributed by atoms with Crippen LogP contribution in [0.4, 0.5) is 15.9 Å². The lowest BCUT2D eigenvalue weighted by atomic mass is 9.80. The summed E-state index contributed by atoms with van der Waals surface area (Å²) in [5, 5.41) is 0.640. The lowest BCUT2D eigenvalue weighted by molar-refractivity contribution is -0.155. The van der Waals surface area contributed by atoms with Crippen LogP contribution in [0.5, 0.6) is 0 Å². The summed E-state index contributed by atoms with van der Waals surface area (Å²) < 4.78 is 6.42. The first-order valence-electron chi connectivity index (χ1n) is 14.1. The molecule has 0 atom stereocenters. The number of hydrogen-bond acceptors (Lipinski definition) is 8. The molecule has 3 heterocycles. The van der Waals surface area contributed by atoms with Crippen LogP contribution in [0.1, 0.15) is 77.2 Å². The van der Waals surface area contributed by atoms with Crippen LogP contribution in [0.2, 0.25) is 0 Å². The van der Waals surface area contributed by atoms with E-state index in [0.717, 1.165) is 34.2 Å². The minimum Gasteiger partial charge on any atom is -0.466 e. The van der Waals surface area contributed by atoms with Gasteiger partial charge in [0.1, 0.15) is 0 Å². The van der Waals surface area contributed by atoms with Crippen molar-refractivity contribution in [1.29, 1.82) is 0 Å². The normalized spacial score (nSPS) is 17.8. The second kappa shape index (κ2) is 11.5. The number of carbonyl (C=O) groups excluding carboxylic acids is 2. The number of piperidine rings is 1. The molecule has 39 heavy (non-hydrogen) atoms. The number of ether oxygens (including phenoxy) is 1. The summed E-state index contributed by atoms with van der Waals surface area (Å²) in [5.41, 5.74) is 9.32. The molecule has 0 spiro atoms. The third kappa shape index (κ3) is 5.57. The highest BCUT2D eigenvalue weighted by atomic mass is 32.1. The maximum atomic E-state index is 12.4. The van der Waals surface area contributed by atoms with E-state index in [4.69, 9.17) is 25.4 Å². The van der Waals surface area contributed by atoms with E-state index in [-0.39, 0.29) is 5.97 Å². The van der Waals surface area contributed by atoms with Gasteiger partial charge in [0.2, 0.25) is 5.95 Å². The van der Waals surface area contributed by atoms with Gasteiger partial charge in [-0.15, -0.1) is 0 Å². The molecule has 2 amide bonds. The lowest BCUT2D eigenvalue weighted by Gasteiger charge is -2.37. The summed E-state index contributed by atoms with van der Waals surface area (Å²) in [6.07, 6.45) is 11.2. The Morgan fingerprint density at radius 3 is 2.41 bits per heavy atom. The fourth-order valence-electron chi connectivity index (χ4n) is 5.77. The van der Waals surface area contributed by atoms with Gasteiger partial charge in [-0.3, -0.25) is 9.69 Å². The average Bonchev–Trinajstić information content (AvgIpc) is 3.37. The molecule has 2 aliphatic rings. The van der Waals surface area contributed by atoms with Crippen LogP contribution in [0.3, 0.4) is 0 Å². The van der Waals surface area contributed by atoms with Crippen molar-refractivity contribution in [2.24, 2.45) is 11.1 Å². The first-order chi connectivity index (χ1) is 18.8. The minimum atomic E-state index is -0.486. The maximum absolute atomic E-state index is 12.4. The van der Waals surface area contributed by atoms with Gasteiger partial charge in [-0.05, 0) is 75.6 Å². The van der Waals surface area contributed by atoms with Crippen molar-refractivity contribution in [3.63, 3.8) is 0 Å². The van der Waals surface area contributed by atoms with Crippen LogP contribution in [0, 0.1) is 5.41 Å². The van der Waals surface area contributed by atoms with Gasteiger partial charge in [-0.1, -0.05) is 30.6 Å². The minimum absolute atomic E-state index is 0.117. The molecule has 2 N–H and O–H groups in total. The molecule has 0 bridgehead atoms. The van der Waals surface area contributed by atoms with E-state index in [1.54, 1.807) is 11.3 Å². The van der Waals surface area contributed by atoms with Crippen LogP contribution >= 0.6 is 11.3 Å². The quantitative estimate of drug-likeness (QED) is 0.366. The Morgan fingerprint density at radius 2 is 1.79 bits per heavy atom. The van der Waals surface area contributed by atoms with Gasteiger partial charge in [-0.25, -0.2) is 19.7 Å². The van der Waals surface area contributed by atoms with Crippen LogP contribution < -0.4 is 15.5 Å². The molecule has 2 fully saturated rings. The second-order valence-corrected chi connectivity index (χ2v) is 11.8. The standard InChI is InChI=1S/C29H38N6O3S/c1-4-35(26(30)37)28-33-23-16-20(15-22(24(23)39-28)19-9-7-6-8-10-19)21-17-31-27(32-18-21)34-13-11-29(3,12-14-34)25(36)38-5-2/h15-19H,4-14H2,1-3H3,(H2,30,37). The number of benzene rings is 1. The molecule has 5 rings (SSSR count). The molecule has 3 aromatic rings. The Balaban J connectivity index is 1.42. The lowest BCUT2D eigenvalue weighted by Crippen LogP contribution is -2.44. The van der Waals surface area contributed by atoms with Crippen molar-refractivity contribution >= 4 is 44.6 Å². The van der Waals surface area contributed by atoms with Crippen molar-refractivity contribution in [1.82, 2.24) is 15.0 Å². The number of nitrogens with zero attached hydrogens (tertiary/aromatic N) is 5. The summed E-state index contributed by atoms with van der Waals surface area (Å²) in [5.74, 6) is 1.03. The third-order valence-electron chi connectivity index (χ3n) is 8.26. The fourth-order valence-corrected chi connectivity index (χ4v) is 6.98. The van der Waals surface area contributed by atoms with Crippen molar-refractivity contribution < 1.29 is 14.3 Å². The fraction of sp³-hybridized carbons (Fsp3) is 0.552. The molecule has 0 radical (unpaired) electrons. The molecule has 1 saturated heterocycles. The van der Waals surface area contributed by atoms with E-state index < -0.39 is 11.4 Å². The van der Waals surface area contributed by atoms with Gasteiger partial charge in [0.25, 0.3) is 0 Å². The number of aromatic nitrogens is 3. The number of amides is 2. The first-order valence-corrected chi connectivity index (χ1v) is 14.9. The van der Waals surface area contributed by atoms with Crippen LogP contribution in [0.15, 0.2) is 24.5 Å². The summed E-state index contributed by atoms with van der Waals surface area (Å²) in [4.78, 5) is 42.3. The second-order valence-electron chi connectivity index (χ2n) is 10.9. The van der Waals surface area contributed by atoms with Gasteiger partial charge in [-0.2, -0.15) is 0 Å². The number of nitrogens with two attached hydrogens (primary N) is 1. The van der Waals surface area contributed by atoms with E-state index in [9.17, 15) is 9.59 Å². The first kappa shape index (κ1) is 27.3.